The predicted molar refractivity (Wildman–Crippen MR) is 109 cm³/mol. The Hall–Kier alpha value is -2.57. The molecule has 0 saturated heterocycles. The van der Waals surface area contributed by atoms with E-state index in [1.165, 1.54) is 7.11 Å². The van der Waals surface area contributed by atoms with Crippen molar-refractivity contribution >= 4 is 34.7 Å². The zero-order chi connectivity index (χ0) is 19.7. The summed E-state index contributed by atoms with van der Waals surface area (Å²) in [6, 6.07) is 11.8. The highest BCUT2D eigenvalue weighted by atomic mass is 35.5. The van der Waals surface area contributed by atoms with Crippen LogP contribution < -0.4 is 10.1 Å². The number of aromatic hydroxyl groups is 1. The minimum absolute atomic E-state index is 0.108. The first-order valence-electron chi connectivity index (χ1n) is 8.26. The van der Waals surface area contributed by atoms with Crippen molar-refractivity contribution in [3.8, 4) is 11.5 Å². The zero-order valence-electron chi connectivity index (χ0n) is 15.1. The van der Waals surface area contributed by atoms with Crippen LogP contribution in [0, 0.1) is 0 Å². The number of ether oxygens (including phenoxy) is 1. The zero-order valence-corrected chi connectivity index (χ0v) is 16.7. The minimum Gasteiger partial charge on any atom is -0.503 e. The summed E-state index contributed by atoms with van der Waals surface area (Å²) in [5.74, 6) is -0.0218. The SMILES string of the molecule is COc1cc(C2NC(=S)N(C)C(C)=C2C(=O)c2ccccc2)cc(Cl)c1O. The van der Waals surface area contributed by atoms with Crippen LogP contribution in [0.3, 0.4) is 0 Å². The van der Waals surface area contributed by atoms with Crippen molar-refractivity contribution in [3.05, 3.63) is 69.9 Å². The van der Waals surface area contributed by atoms with E-state index in [9.17, 15) is 9.90 Å². The maximum absolute atomic E-state index is 13.3. The number of benzene rings is 2. The first kappa shape index (κ1) is 19.2. The molecular weight excluding hydrogens is 384 g/mol. The van der Waals surface area contributed by atoms with Crippen LogP contribution in [0.25, 0.3) is 0 Å². The number of phenols is 1. The second-order valence-electron chi connectivity index (χ2n) is 6.19. The molecule has 2 aromatic carbocycles. The number of ketones is 1. The fraction of sp³-hybridized carbons (Fsp3) is 0.200. The molecule has 0 radical (unpaired) electrons. The molecule has 0 bridgehead atoms. The fourth-order valence-electron chi connectivity index (χ4n) is 3.04. The van der Waals surface area contributed by atoms with Crippen LogP contribution in [0.1, 0.15) is 28.9 Å². The molecule has 1 heterocycles. The summed E-state index contributed by atoms with van der Waals surface area (Å²) in [5, 5.41) is 13.9. The van der Waals surface area contributed by atoms with E-state index in [0.717, 1.165) is 5.70 Å². The quantitative estimate of drug-likeness (QED) is 0.593. The molecule has 0 saturated carbocycles. The Morgan fingerprint density at radius 2 is 1.96 bits per heavy atom. The summed E-state index contributed by atoms with van der Waals surface area (Å²) in [7, 11) is 3.25. The summed E-state index contributed by atoms with van der Waals surface area (Å²) < 4.78 is 5.21. The minimum atomic E-state index is -0.520. The Balaban J connectivity index is 2.17. The molecule has 0 spiro atoms. The molecule has 2 aromatic rings. The lowest BCUT2D eigenvalue weighted by atomic mass is 9.89. The van der Waals surface area contributed by atoms with Gasteiger partial charge in [-0.1, -0.05) is 41.9 Å². The van der Waals surface area contributed by atoms with Crippen molar-refractivity contribution in [2.24, 2.45) is 0 Å². The van der Waals surface area contributed by atoms with Crippen LogP contribution in [-0.2, 0) is 0 Å². The average Bonchev–Trinajstić information content (AvgIpc) is 2.68. The number of carbonyl (C=O) groups excluding carboxylic acids is 1. The van der Waals surface area contributed by atoms with Gasteiger partial charge in [-0.25, -0.2) is 0 Å². The van der Waals surface area contributed by atoms with E-state index in [4.69, 9.17) is 28.6 Å². The van der Waals surface area contributed by atoms with Crippen LogP contribution in [0.15, 0.2) is 53.7 Å². The van der Waals surface area contributed by atoms with Crippen molar-refractivity contribution in [2.45, 2.75) is 13.0 Å². The Morgan fingerprint density at radius 3 is 2.59 bits per heavy atom. The molecule has 1 atom stereocenters. The third-order valence-electron chi connectivity index (χ3n) is 4.64. The van der Waals surface area contributed by atoms with Crippen molar-refractivity contribution in [2.75, 3.05) is 14.2 Å². The maximum Gasteiger partial charge on any atom is 0.193 e. The van der Waals surface area contributed by atoms with Gasteiger partial charge in [-0.3, -0.25) is 4.79 Å². The number of allylic oxidation sites excluding steroid dienone is 1. The Kier molecular flexibility index (Phi) is 5.39. The van der Waals surface area contributed by atoms with E-state index in [2.05, 4.69) is 5.32 Å². The number of nitrogens with one attached hydrogen (secondary N) is 1. The first-order chi connectivity index (χ1) is 12.8. The first-order valence-corrected chi connectivity index (χ1v) is 9.05. The van der Waals surface area contributed by atoms with E-state index in [1.54, 1.807) is 29.2 Å². The highest BCUT2D eigenvalue weighted by Crippen LogP contribution is 2.40. The Morgan fingerprint density at radius 1 is 1.30 bits per heavy atom. The molecule has 5 nitrogen and oxygen atoms in total. The number of hydrogen-bond donors (Lipinski definition) is 2. The van der Waals surface area contributed by atoms with Gasteiger partial charge in [0.1, 0.15) is 0 Å². The maximum atomic E-state index is 13.3. The highest BCUT2D eigenvalue weighted by Gasteiger charge is 2.33. The van der Waals surface area contributed by atoms with Gasteiger partial charge in [0, 0.05) is 23.9 Å². The smallest absolute Gasteiger partial charge is 0.193 e. The van der Waals surface area contributed by atoms with E-state index < -0.39 is 6.04 Å². The largest absolute Gasteiger partial charge is 0.503 e. The third kappa shape index (κ3) is 3.50. The molecule has 7 heteroatoms. The fourth-order valence-corrected chi connectivity index (χ4v) is 3.51. The number of rotatable bonds is 4. The number of hydrogen-bond acceptors (Lipinski definition) is 4. The molecule has 0 fully saturated rings. The second-order valence-corrected chi connectivity index (χ2v) is 6.98. The van der Waals surface area contributed by atoms with E-state index in [0.29, 0.717) is 21.8 Å². The van der Waals surface area contributed by atoms with Gasteiger partial charge in [0.25, 0.3) is 0 Å². The van der Waals surface area contributed by atoms with Gasteiger partial charge in [-0.2, -0.15) is 0 Å². The van der Waals surface area contributed by atoms with Gasteiger partial charge < -0.3 is 20.1 Å². The van der Waals surface area contributed by atoms with Gasteiger partial charge in [0.05, 0.1) is 18.2 Å². The molecule has 3 rings (SSSR count). The Bertz CT molecular complexity index is 944. The summed E-state index contributed by atoms with van der Waals surface area (Å²) in [6.45, 7) is 1.86. The van der Waals surface area contributed by atoms with Gasteiger partial charge in [-0.05, 0) is 36.8 Å². The lowest BCUT2D eigenvalue weighted by molar-refractivity contribution is 0.102. The van der Waals surface area contributed by atoms with Crippen LogP contribution in [0.4, 0.5) is 0 Å². The summed E-state index contributed by atoms with van der Waals surface area (Å²) in [4.78, 5) is 15.0. The number of methoxy groups -OCH3 is 1. The number of Topliss-reactive ketones (excluding diaryl/α,β-unsaturated/α-hetero) is 1. The summed E-state index contributed by atoms with van der Waals surface area (Å²) in [6.07, 6.45) is 0. The number of halogens is 1. The molecule has 1 unspecified atom stereocenters. The average molecular weight is 403 g/mol. The van der Waals surface area contributed by atoms with E-state index >= 15 is 0 Å². The van der Waals surface area contributed by atoms with Crippen LogP contribution >= 0.6 is 23.8 Å². The lowest BCUT2D eigenvalue weighted by Crippen LogP contribution is -2.45. The third-order valence-corrected chi connectivity index (χ3v) is 5.32. The topological polar surface area (TPSA) is 61.8 Å². The van der Waals surface area contributed by atoms with Crippen molar-refractivity contribution in [3.63, 3.8) is 0 Å². The standard InChI is InChI=1S/C20H19ClN2O3S/c1-11-16(18(24)12-7-5-4-6-8-12)17(22-20(27)23(11)2)13-9-14(21)19(25)15(10-13)26-3/h4-10,17,25H,1-3H3,(H,22,27). The molecule has 1 aliphatic rings. The molecule has 2 N–H and O–H groups in total. The monoisotopic (exact) mass is 402 g/mol. The molecule has 1 aliphatic heterocycles. The lowest BCUT2D eigenvalue weighted by Gasteiger charge is -2.36. The molecule has 140 valence electrons. The van der Waals surface area contributed by atoms with Gasteiger partial charge in [-0.15, -0.1) is 0 Å². The summed E-state index contributed by atoms with van der Waals surface area (Å²) in [5.41, 5.74) is 2.56. The molecule has 27 heavy (non-hydrogen) atoms. The van der Waals surface area contributed by atoms with Crippen molar-refractivity contribution in [1.82, 2.24) is 10.2 Å². The second kappa shape index (κ2) is 7.58. The van der Waals surface area contributed by atoms with Crippen LogP contribution in [0.5, 0.6) is 11.5 Å². The molecular formula is C20H19ClN2O3S. The Labute approximate surface area is 168 Å². The van der Waals surface area contributed by atoms with E-state index in [1.807, 2.05) is 32.2 Å². The van der Waals surface area contributed by atoms with Crippen molar-refractivity contribution in [1.29, 1.82) is 0 Å². The highest BCUT2D eigenvalue weighted by molar-refractivity contribution is 7.80. The van der Waals surface area contributed by atoms with E-state index in [-0.39, 0.29) is 22.3 Å². The number of carbonyl (C=O) groups is 1. The number of nitrogens with zero attached hydrogens (tertiary/aromatic N) is 1. The summed E-state index contributed by atoms with van der Waals surface area (Å²) >= 11 is 11.6. The molecule has 0 amide bonds. The normalized spacial score (nSPS) is 17.0. The predicted octanol–water partition coefficient (Wildman–Crippen LogP) is 4.07. The van der Waals surface area contributed by atoms with Gasteiger partial charge >= 0.3 is 0 Å². The van der Waals surface area contributed by atoms with Gasteiger partial charge in [0.2, 0.25) is 0 Å². The number of thiocarbonyl (C=S) groups is 1. The van der Waals surface area contributed by atoms with Gasteiger partial charge in [0.15, 0.2) is 22.4 Å². The number of phenolic OH excluding ortho intramolecular Hbond substituents is 1. The van der Waals surface area contributed by atoms with Crippen LogP contribution in [0.2, 0.25) is 5.02 Å². The molecule has 0 aliphatic carbocycles. The molecule has 0 aromatic heterocycles. The van der Waals surface area contributed by atoms with Crippen LogP contribution in [-0.4, -0.2) is 35.1 Å². The van der Waals surface area contributed by atoms with Crippen molar-refractivity contribution < 1.29 is 14.6 Å².